The average Bonchev–Trinajstić information content (AvgIpc) is 3.35. The normalized spacial score (nSPS) is 13.4. The second-order valence-electron chi connectivity index (χ2n) is 12.5. The van der Waals surface area contributed by atoms with E-state index >= 15 is 0 Å². The van der Waals surface area contributed by atoms with Gasteiger partial charge in [0.1, 0.15) is 0 Å². The first-order chi connectivity index (χ1) is 23.0. The third-order valence-electron chi connectivity index (χ3n) is 9.21. The zero-order valence-corrected chi connectivity index (χ0v) is 25.9. The van der Waals surface area contributed by atoms with E-state index in [-0.39, 0.29) is 5.41 Å². The van der Waals surface area contributed by atoms with Crippen LogP contribution in [0, 0.1) is 0 Å². The molecule has 0 atom stereocenters. The number of ether oxygens (including phenoxy) is 2. The van der Waals surface area contributed by atoms with Crippen LogP contribution in [0.3, 0.4) is 0 Å². The molecule has 0 radical (unpaired) electrons. The summed E-state index contributed by atoms with van der Waals surface area (Å²) in [5.41, 5.74) is 9.65. The van der Waals surface area contributed by atoms with Crippen LogP contribution in [-0.2, 0) is 5.41 Å². The van der Waals surface area contributed by atoms with Crippen LogP contribution < -0.4 is 9.47 Å². The Morgan fingerprint density at radius 2 is 0.936 bits per heavy atom. The first-order valence-electron chi connectivity index (χ1n) is 15.8. The van der Waals surface area contributed by atoms with Crippen molar-refractivity contribution < 1.29 is 9.47 Å². The Morgan fingerprint density at radius 1 is 0.383 bits per heavy atom. The molecule has 47 heavy (non-hydrogen) atoms. The van der Waals surface area contributed by atoms with Gasteiger partial charge >= 0.3 is 0 Å². The Balaban J connectivity index is 1.15. The minimum atomic E-state index is -0.125. The molecule has 2 heterocycles. The standard InChI is InChI=1S/C42H29N3O2/c1-42(2)33-20-12-11-18-30(33)32-24-37-38(25-34(32)42)46-35-22-21-28(23-36(35)47-37)40-43-39(27-15-7-4-8-16-27)44-41(45-40)31-19-10-9-17-29(31)26-13-5-3-6-14-26/h3-25H,1-2H3. The van der Waals surface area contributed by atoms with Crippen LogP contribution in [0.5, 0.6) is 23.0 Å². The van der Waals surface area contributed by atoms with Crippen LogP contribution in [0.4, 0.5) is 0 Å². The summed E-state index contributed by atoms with van der Waals surface area (Å²) in [6.45, 7) is 4.53. The van der Waals surface area contributed by atoms with Gasteiger partial charge in [-0.2, -0.15) is 0 Å². The summed E-state index contributed by atoms with van der Waals surface area (Å²) in [5.74, 6) is 4.44. The Labute approximate surface area is 273 Å². The molecule has 0 unspecified atom stereocenters. The second kappa shape index (κ2) is 10.5. The van der Waals surface area contributed by atoms with Crippen LogP contribution >= 0.6 is 0 Å². The maximum atomic E-state index is 6.56. The van der Waals surface area contributed by atoms with Crippen LogP contribution in [0.25, 0.3) is 56.4 Å². The van der Waals surface area contributed by atoms with E-state index in [0.29, 0.717) is 34.7 Å². The van der Waals surface area contributed by atoms with E-state index in [9.17, 15) is 0 Å². The summed E-state index contributed by atoms with van der Waals surface area (Å²) in [5, 5.41) is 0. The Bertz CT molecular complexity index is 2330. The predicted molar refractivity (Wildman–Crippen MR) is 186 cm³/mol. The molecular formula is C42H29N3O2. The summed E-state index contributed by atoms with van der Waals surface area (Å²) in [6.07, 6.45) is 0. The lowest BCUT2D eigenvalue weighted by atomic mass is 9.82. The van der Waals surface area contributed by atoms with Crippen LogP contribution in [0.1, 0.15) is 25.0 Å². The zero-order chi connectivity index (χ0) is 31.5. The summed E-state index contributed by atoms with van der Waals surface area (Å²) >= 11 is 0. The molecule has 5 nitrogen and oxygen atoms in total. The van der Waals surface area contributed by atoms with E-state index in [1.165, 1.54) is 22.3 Å². The maximum Gasteiger partial charge on any atom is 0.170 e. The molecule has 0 bridgehead atoms. The molecule has 1 aliphatic heterocycles. The SMILES string of the molecule is CC1(C)c2ccccc2-c2cc3c(cc21)Oc1ccc(-c2nc(-c4ccccc4)nc(-c4ccccc4-c4ccccc4)n2)cc1O3. The van der Waals surface area contributed by atoms with Crippen molar-refractivity contribution in [3.8, 4) is 79.4 Å². The topological polar surface area (TPSA) is 57.1 Å². The van der Waals surface area contributed by atoms with Gasteiger partial charge in [-0.05, 0) is 63.7 Å². The first kappa shape index (κ1) is 27.3. The van der Waals surface area contributed by atoms with E-state index in [4.69, 9.17) is 24.4 Å². The molecule has 0 spiro atoms. The number of nitrogens with zero attached hydrogens (tertiary/aromatic N) is 3. The number of aromatic nitrogens is 3. The molecule has 5 heteroatoms. The number of rotatable bonds is 4. The first-order valence-corrected chi connectivity index (χ1v) is 15.8. The van der Waals surface area contributed by atoms with Crippen molar-refractivity contribution in [3.05, 3.63) is 151 Å². The van der Waals surface area contributed by atoms with Crippen molar-refractivity contribution in [2.75, 3.05) is 0 Å². The van der Waals surface area contributed by atoms with Crippen molar-refractivity contribution in [1.82, 2.24) is 15.0 Å². The molecule has 2 aliphatic rings. The highest BCUT2D eigenvalue weighted by atomic mass is 16.6. The number of benzene rings is 6. The van der Waals surface area contributed by atoms with Gasteiger partial charge in [0.15, 0.2) is 40.5 Å². The predicted octanol–water partition coefficient (Wildman–Crippen LogP) is 10.7. The number of fused-ring (bicyclic) bond motifs is 5. The van der Waals surface area contributed by atoms with Gasteiger partial charge in [-0.3, -0.25) is 0 Å². The van der Waals surface area contributed by atoms with Crippen LogP contribution in [0.15, 0.2) is 140 Å². The molecule has 1 aliphatic carbocycles. The lowest BCUT2D eigenvalue weighted by Crippen LogP contribution is -2.15. The zero-order valence-electron chi connectivity index (χ0n) is 25.9. The molecule has 0 amide bonds. The highest BCUT2D eigenvalue weighted by Gasteiger charge is 2.37. The van der Waals surface area contributed by atoms with E-state index in [1.807, 2.05) is 78.9 Å². The van der Waals surface area contributed by atoms with Crippen molar-refractivity contribution in [2.24, 2.45) is 0 Å². The Kier molecular flexibility index (Phi) is 6.09. The summed E-state index contributed by atoms with van der Waals surface area (Å²) in [4.78, 5) is 15.0. The van der Waals surface area contributed by atoms with Gasteiger partial charge in [-0.25, -0.2) is 15.0 Å². The van der Waals surface area contributed by atoms with E-state index in [0.717, 1.165) is 33.6 Å². The molecule has 224 valence electrons. The molecule has 6 aromatic carbocycles. The fourth-order valence-corrected chi connectivity index (χ4v) is 6.80. The van der Waals surface area contributed by atoms with Crippen LogP contribution in [-0.4, -0.2) is 15.0 Å². The van der Waals surface area contributed by atoms with Gasteiger partial charge < -0.3 is 9.47 Å². The highest BCUT2D eigenvalue weighted by Crippen LogP contribution is 2.55. The minimum absolute atomic E-state index is 0.125. The van der Waals surface area contributed by atoms with Crippen molar-refractivity contribution in [2.45, 2.75) is 19.3 Å². The Morgan fingerprint density at radius 3 is 1.70 bits per heavy atom. The molecule has 0 saturated heterocycles. The molecule has 7 aromatic rings. The van der Waals surface area contributed by atoms with Crippen LogP contribution in [0.2, 0.25) is 0 Å². The van der Waals surface area contributed by atoms with E-state index in [1.54, 1.807) is 0 Å². The average molecular weight is 608 g/mol. The lowest BCUT2D eigenvalue weighted by Gasteiger charge is -2.25. The summed E-state index contributed by atoms with van der Waals surface area (Å²) in [7, 11) is 0. The number of hydrogen-bond acceptors (Lipinski definition) is 5. The third kappa shape index (κ3) is 4.50. The van der Waals surface area contributed by atoms with Crippen molar-refractivity contribution >= 4 is 0 Å². The largest absolute Gasteiger partial charge is 0.450 e. The molecular weight excluding hydrogens is 578 g/mol. The molecule has 1 aromatic heterocycles. The quantitative estimate of drug-likeness (QED) is 0.199. The monoisotopic (exact) mass is 607 g/mol. The third-order valence-corrected chi connectivity index (χ3v) is 9.21. The van der Waals surface area contributed by atoms with Crippen molar-refractivity contribution in [1.29, 1.82) is 0 Å². The Hall–Kier alpha value is -6.07. The number of hydrogen-bond donors (Lipinski definition) is 0. The maximum absolute atomic E-state index is 6.56. The van der Waals surface area contributed by atoms with Gasteiger partial charge in [0.2, 0.25) is 0 Å². The van der Waals surface area contributed by atoms with Gasteiger partial charge in [0, 0.05) is 22.1 Å². The second-order valence-corrected chi connectivity index (χ2v) is 12.5. The highest BCUT2D eigenvalue weighted by molar-refractivity contribution is 5.84. The van der Waals surface area contributed by atoms with Gasteiger partial charge in [-0.15, -0.1) is 0 Å². The fraction of sp³-hybridized carbons (Fsp3) is 0.0714. The summed E-state index contributed by atoms with van der Waals surface area (Å²) in [6, 6.07) is 47.3. The van der Waals surface area contributed by atoms with Gasteiger partial charge in [0.05, 0.1) is 0 Å². The van der Waals surface area contributed by atoms with E-state index in [2.05, 4.69) is 74.5 Å². The van der Waals surface area contributed by atoms with Gasteiger partial charge in [0.25, 0.3) is 0 Å². The van der Waals surface area contributed by atoms with Crippen molar-refractivity contribution in [3.63, 3.8) is 0 Å². The minimum Gasteiger partial charge on any atom is -0.450 e. The molecule has 9 rings (SSSR count). The van der Waals surface area contributed by atoms with Gasteiger partial charge in [-0.1, -0.05) is 123 Å². The van der Waals surface area contributed by atoms with E-state index < -0.39 is 0 Å². The molecule has 0 saturated carbocycles. The fourth-order valence-electron chi connectivity index (χ4n) is 6.80. The molecule has 0 N–H and O–H groups in total. The molecule has 0 fully saturated rings. The summed E-state index contributed by atoms with van der Waals surface area (Å²) < 4.78 is 13.0. The lowest BCUT2D eigenvalue weighted by molar-refractivity contribution is 0.359. The smallest absolute Gasteiger partial charge is 0.170 e.